The van der Waals surface area contributed by atoms with E-state index in [2.05, 4.69) is 5.32 Å². The lowest BCUT2D eigenvalue weighted by atomic mass is 10.2. The summed E-state index contributed by atoms with van der Waals surface area (Å²) in [5.41, 5.74) is 0.790. The maximum Gasteiger partial charge on any atom is 0.317 e. The van der Waals surface area contributed by atoms with Crippen molar-refractivity contribution in [3.05, 3.63) is 35.6 Å². The summed E-state index contributed by atoms with van der Waals surface area (Å²) in [6, 6.07) is 5.56. The normalized spacial score (nSPS) is 19.1. The molecule has 0 aliphatic carbocycles. The molecule has 1 aromatic rings. The van der Waals surface area contributed by atoms with Crippen molar-refractivity contribution in [2.45, 2.75) is 18.2 Å². The van der Waals surface area contributed by atoms with Gasteiger partial charge in [-0.1, -0.05) is 12.1 Å². The highest BCUT2D eigenvalue weighted by molar-refractivity contribution is 7.91. The van der Waals surface area contributed by atoms with Crippen molar-refractivity contribution in [1.29, 1.82) is 0 Å². The van der Waals surface area contributed by atoms with Gasteiger partial charge in [-0.2, -0.15) is 0 Å². The fourth-order valence-corrected chi connectivity index (χ4v) is 3.14. The summed E-state index contributed by atoms with van der Waals surface area (Å²) in [6.45, 7) is 0.959. The predicted molar refractivity (Wildman–Crippen MR) is 73.5 cm³/mol. The predicted octanol–water partition coefficient (Wildman–Crippen LogP) is 1.15. The molecule has 0 bridgehead atoms. The number of nitrogens with one attached hydrogen (secondary N) is 1. The van der Waals surface area contributed by atoms with E-state index < -0.39 is 15.1 Å². The van der Waals surface area contributed by atoms with E-state index in [0.717, 1.165) is 5.56 Å². The van der Waals surface area contributed by atoms with Crippen LogP contribution in [0.5, 0.6) is 0 Å². The smallest absolute Gasteiger partial charge is 0.317 e. The largest absolute Gasteiger partial charge is 0.334 e. The molecule has 1 aliphatic heterocycles. The summed E-state index contributed by atoms with van der Waals surface area (Å²) in [7, 11) is -3.10. The van der Waals surface area contributed by atoms with Crippen molar-refractivity contribution in [3.8, 4) is 0 Å². The number of likely N-dealkylation sites (tertiary alicyclic amines) is 1. The van der Waals surface area contributed by atoms with Gasteiger partial charge in [0.1, 0.15) is 5.82 Å². The molecule has 2 rings (SSSR count). The first-order valence-electron chi connectivity index (χ1n) is 6.32. The summed E-state index contributed by atoms with van der Waals surface area (Å²) in [5, 5.41) is 2.23. The molecule has 5 nitrogen and oxygen atoms in total. The molecular weight excluding hydrogens is 283 g/mol. The minimum Gasteiger partial charge on any atom is -0.334 e. The van der Waals surface area contributed by atoms with Crippen LogP contribution >= 0.6 is 0 Å². The first-order chi connectivity index (χ1) is 9.36. The zero-order valence-corrected chi connectivity index (χ0v) is 12.0. The van der Waals surface area contributed by atoms with E-state index in [1.165, 1.54) is 23.3 Å². The third kappa shape index (κ3) is 3.69. The van der Waals surface area contributed by atoms with Gasteiger partial charge in [-0.15, -0.1) is 0 Å². The van der Waals surface area contributed by atoms with Gasteiger partial charge in [0.2, 0.25) is 0 Å². The number of rotatable bonds is 3. The van der Waals surface area contributed by atoms with Gasteiger partial charge in [-0.05, 0) is 24.1 Å². The minimum absolute atomic E-state index is 0.230. The zero-order valence-electron chi connectivity index (χ0n) is 11.2. The van der Waals surface area contributed by atoms with Gasteiger partial charge in [0.05, 0.1) is 5.25 Å². The Hall–Kier alpha value is -1.63. The molecule has 0 radical (unpaired) electrons. The number of carbonyl (C=O) groups is 1. The Morgan fingerprint density at radius 3 is 2.60 bits per heavy atom. The van der Waals surface area contributed by atoms with Crippen LogP contribution in [-0.2, 0) is 16.4 Å². The first-order valence-corrected chi connectivity index (χ1v) is 8.28. The Balaban J connectivity index is 1.86. The lowest BCUT2D eigenvalue weighted by molar-refractivity contribution is 0.208. The van der Waals surface area contributed by atoms with Gasteiger partial charge in [-0.3, -0.25) is 0 Å². The van der Waals surface area contributed by atoms with Crippen molar-refractivity contribution in [3.63, 3.8) is 0 Å². The van der Waals surface area contributed by atoms with Crippen LogP contribution in [0.4, 0.5) is 9.18 Å². The third-order valence-electron chi connectivity index (χ3n) is 3.39. The molecule has 0 aromatic heterocycles. The number of hydrogen-bond acceptors (Lipinski definition) is 3. The number of halogens is 1. The molecule has 7 heteroatoms. The zero-order chi connectivity index (χ0) is 14.8. The second-order valence-electron chi connectivity index (χ2n) is 4.97. The highest BCUT2D eigenvalue weighted by atomic mass is 32.2. The van der Waals surface area contributed by atoms with E-state index in [0.29, 0.717) is 19.5 Å². The Bertz CT molecular complexity index is 586. The molecule has 1 saturated heterocycles. The quantitative estimate of drug-likeness (QED) is 0.911. The topological polar surface area (TPSA) is 66.5 Å². The van der Waals surface area contributed by atoms with Gasteiger partial charge in [0.25, 0.3) is 0 Å². The van der Waals surface area contributed by atoms with E-state index in [4.69, 9.17) is 0 Å². The summed E-state index contributed by atoms with van der Waals surface area (Å²) in [6.07, 6.45) is 1.67. The number of urea groups is 1. The van der Waals surface area contributed by atoms with E-state index in [1.807, 2.05) is 0 Å². The second kappa shape index (κ2) is 5.78. The maximum atomic E-state index is 12.7. The fourth-order valence-electron chi connectivity index (χ4n) is 2.15. The molecule has 20 heavy (non-hydrogen) atoms. The Kier molecular flexibility index (Phi) is 4.27. The molecule has 1 fully saturated rings. The molecule has 0 spiro atoms. The Morgan fingerprint density at radius 1 is 1.40 bits per heavy atom. The molecule has 0 saturated carbocycles. The van der Waals surface area contributed by atoms with Gasteiger partial charge in [0, 0.05) is 25.9 Å². The van der Waals surface area contributed by atoms with Crippen molar-refractivity contribution in [1.82, 2.24) is 10.2 Å². The second-order valence-corrected chi connectivity index (χ2v) is 7.30. The number of carbonyl (C=O) groups excluding carboxylic acids is 1. The van der Waals surface area contributed by atoms with E-state index in [9.17, 15) is 17.6 Å². The highest BCUT2D eigenvalue weighted by Crippen LogP contribution is 2.16. The van der Waals surface area contributed by atoms with Crippen molar-refractivity contribution in [2.75, 3.05) is 19.3 Å². The van der Waals surface area contributed by atoms with Crippen LogP contribution in [0.25, 0.3) is 0 Å². The van der Waals surface area contributed by atoms with Crippen LogP contribution in [0.15, 0.2) is 24.3 Å². The SMILES string of the molecule is CS(=O)(=O)C1CCN(C(=O)NCc2ccc(F)cc2)C1. The van der Waals surface area contributed by atoms with Crippen molar-refractivity contribution >= 4 is 15.9 Å². The number of sulfone groups is 1. The average Bonchev–Trinajstić information content (AvgIpc) is 2.87. The molecule has 1 unspecified atom stereocenters. The Labute approximate surface area is 117 Å². The Morgan fingerprint density at radius 2 is 2.05 bits per heavy atom. The standard InChI is InChI=1S/C13H17FN2O3S/c1-20(18,19)12-6-7-16(9-12)13(17)15-8-10-2-4-11(14)5-3-10/h2-5,12H,6-9H2,1H3,(H,15,17). The lowest BCUT2D eigenvalue weighted by Gasteiger charge is -2.17. The van der Waals surface area contributed by atoms with Gasteiger partial charge < -0.3 is 10.2 Å². The lowest BCUT2D eigenvalue weighted by Crippen LogP contribution is -2.39. The fraction of sp³-hybridized carbons (Fsp3) is 0.462. The van der Waals surface area contributed by atoms with Crippen LogP contribution in [-0.4, -0.2) is 43.9 Å². The van der Waals surface area contributed by atoms with E-state index >= 15 is 0 Å². The third-order valence-corrected chi connectivity index (χ3v) is 4.99. The van der Waals surface area contributed by atoms with Crippen molar-refractivity contribution < 1.29 is 17.6 Å². The van der Waals surface area contributed by atoms with E-state index in [1.54, 1.807) is 12.1 Å². The maximum absolute atomic E-state index is 12.7. The van der Waals surface area contributed by atoms with Gasteiger partial charge >= 0.3 is 6.03 Å². The molecule has 1 aliphatic rings. The molecule has 1 atom stereocenters. The number of benzene rings is 1. The molecule has 2 amide bonds. The van der Waals surface area contributed by atoms with Gasteiger partial charge in [0.15, 0.2) is 9.84 Å². The minimum atomic E-state index is -3.10. The molecule has 1 aromatic carbocycles. The number of hydrogen-bond donors (Lipinski definition) is 1. The summed E-state index contributed by atoms with van der Waals surface area (Å²) < 4.78 is 35.6. The van der Waals surface area contributed by atoms with Crippen LogP contribution in [0.3, 0.4) is 0 Å². The molecule has 1 heterocycles. The first kappa shape index (κ1) is 14.8. The van der Waals surface area contributed by atoms with Gasteiger partial charge in [-0.25, -0.2) is 17.6 Å². The van der Waals surface area contributed by atoms with Crippen LogP contribution in [0.2, 0.25) is 0 Å². The highest BCUT2D eigenvalue weighted by Gasteiger charge is 2.32. The van der Waals surface area contributed by atoms with Crippen molar-refractivity contribution in [2.24, 2.45) is 0 Å². The summed E-state index contributed by atoms with van der Waals surface area (Å²) in [5.74, 6) is -0.324. The van der Waals surface area contributed by atoms with Crippen LogP contribution in [0.1, 0.15) is 12.0 Å². The van der Waals surface area contributed by atoms with Crippen LogP contribution < -0.4 is 5.32 Å². The molecule has 110 valence electrons. The van der Waals surface area contributed by atoms with E-state index in [-0.39, 0.29) is 18.4 Å². The average molecular weight is 300 g/mol. The number of amides is 2. The number of nitrogens with zero attached hydrogens (tertiary/aromatic N) is 1. The summed E-state index contributed by atoms with van der Waals surface area (Å²) >= 11 is 0. The molecular formula is C13H17FN2O3S. The monoisotopic (exact) mass is 300 g/mol. The summed E-state index contributed by atoms with van der Waals surface area (Å²) in [4.78, 5) is 13.4. The van der Waals surface area contributed by atoms with Crippen LogP contribution in [0, 0.1) is 5.82 Å². The molecule has 1 N–H and O–H groups in total.